The molecule has 0 aliphatic carbocycles. The smallest absolute Gasteiger partial charge is 0.211 e. The van der Waals surface area contributed by atoms with E-state index in [1.165, 1.54) is 0 Å². The quantitative estimate of drug-likeness (QED) is 0.507. The topological polar surface area (TPSA) is 94.6 Å². The van der Waals surface area contributed by atoms with Gasteiger partial charge in [0.25, 0.3) is 0 Å². The second kappa shape index (κ2) is 5.06. The highest BCUT2D eigenvalue weighted by Crippen LogP contribution is 2.34. The number of imidazole rings is 1. The van der Waals surface area contributed by atoms with E-state index in [9.17, 15) is 0 Å². The molecule has 0 aromatic carbocycles. The van der Waals surface area contributed by atoms with Gasteiger partial charge in [0.1, 0.15) is 5.69 Å². The Morgan fingerprint density at radius 2 is 2.37 bits per heavy atom. The van der Waals surface area contributed by atoms with Gasteiger partial charge < -0.3 is 16.0 Å². The largest absolute Gasteiger partial charge is 0.369 e. The SMILES string of the molecule is NC(N)=N/N=C/c1c(-c2cccs2)nc2n1CCS2. The normalized spacial score (nSPS) is 13.9. The Bertz CT molecular complexity index is 636. The lowest BCUT2D eigenvalue weighted by molar-refractivity contribution is 0.715. The maximum absolute atomic E-state index is 5.27. The number of guanidine groups is 1. The summed E-state index contributed by atoms with van der Waals surface area (Å²) in [6, 6.07) is 4.06. The van der Waals surface area contributed by atoms with Crippen LogP contribution in [0.4, 0.5) is 0 Å². The zero-order chi connectivity index (χ0) is 13.2. The number of hydrogen-bond donors (Lipinski definition) is 2. The predicted octanol–water partition coefficient (Wildman–Crippen LogP) is 1.32. The van der Waals surface area contributed by atoms with Crippen molar-refractivity contribution in [3.8, 4) is 10.6 Å². The zero-order valence-electron chi connectivity index (χ0n) is 9.98. The Labute approximate surface area is 118 Å². The van der Waals surface area contributed by atoms with Crippen molar-refractivity contribution in [3.63, 3.8) is 0 Å². The van der Waals surface area contributed by atoms with Crippen molar-refractivity contribution in [2.45, 2.75) is 11.7 Å². The fraction of sp³-hybridized carbons (Fsp3) is 0.182. The third-order valence-corrected chi connectivity index (χ3v) is 4.46. The van der Waals surface area contributed by atoms with E-state index in [0.717, 1.165) is 33.7 Å². The second-order valence-corrected chi connectivity index (χ2v) is 5.88. The number of nitrogens with two attached hydrogens (primary N) is 2. The molecule has 0 fully saturated rings. The molecular weight excluding hydrogens is 280 g/mol. The Hall–Kier alpha value is -1.80. The number of thiophene rings is 1. The summed E-state index contributed by atoms with van der Waals surface area (Å²) < 4.78 is 2.14. The van der Waals surface area contributed by atoms with Gasteiger partial charge in [0, 0.05) is 12.3 Å². The minimum Gasteiger partial charge on any atom is -0.369 e. The average Bonchev–Trinajstić information content (AvgIpc) is 3.03. The third-order valence-electron chi connectivity index (χ3n) is 2.63. The monoisotopic (exact) mass is 292 g/mol. The van der Waals surface area contributed by atoms with Crippen LogP contribution in [-0.4, -0.2) is 27.5 Å². The van der Waals surface area contributed by atoms with Gasteiger partial charge in [-0.25, -0.2) is 4.98 Å². The maximum atomic E-state index is 5.27. The van der Waals surface area contributed by atoms with Crippen molar-refractivity contribution in [2.24, 2.45) is 21.7 Å². The van der Waals surface area contributed by atoms with Crippen LogP contribution in [0.3, 0.4) is 0 Å². The molecule has 0 unspecified atom stereocenters. The summed E-state index contributed by atoms with van der Waals surface area (Å²) in [5.74, 6) is 0.986. The first-order valence-corrected chi connectivity index (χ1v) is 7.51. The molecule has 2 aromatic rings. The Morgan fingerprint density at radius 3 is 3.11 bits per heavy atom. The van der Waals surface area contributed by atoms with E-state index >= 15 is 0 Å². The fourth-order valence-corrected chi connectivity index (χ4v) is 3.55. The van der Waals surface area contributed by atoms with E-state index in [4.69, 9.17) is 11.5 Å². The molecule has 1 aliphatic rings. The van der Waals surface area contributed by atoms with E-state index in [1.54, 1.807) is 29.3 Å². The first-order valence-electron chi connectivity index (χ1n) is 5.65. The van der Waals surface area contributed by atoms with Gasteiger partial charge in [-0.3, -0.25) is 0 Å². The molecule has 3 rings (SSSR count). The lowest BCUT2D eigenvalue weighted by atomic mass is 10.3. The van der Waals surface area contributed by atoms with Crippen LogP contribution in [0.25, 0.3) is 10.6 Å². The van der Waals surface area contributed by atoms with Crippen molar-refractivity contribution in [1.29, 1.82) is 0 Å². The van der Waals surface area contributed by atoms with Gasteiger partial charge in [-0.2, -0.15) is 5.10 Å². The molecule has 4 N–H and O–H groups in total. The van der Waals surface area contributed by atoms with Gasteiger partial charge in [0.15, 0.2) is 5.16 Å². The number of aromatic nitrogens is 2. The molecular formula is C11H12N6S2. The minimum absolute atomic E-state index is 0.0514. The predicted molar refractivity (Wildman–Crippen MR) is 79.7 cm³/mol. The van der Waals surface area contributed by atoms with Crippen LogP contribution in [0.5, 0.6) is 0 Å². The first-order chi connectivity index (χ1) is 9.25. The lowest BCUT2D eigenvalue weighted by Crippen LogP contribution is -2.21. The molecule has 0 radical (unpaired) electrons. The number of fused-ring (bicyclic) bond motifs is 1. The molecule has 0 atom stereocenters. The highest BCUT2D eigenvalue weighted by atomic mass is 32.2. The lowest BCUT2D eigenvalue weighted by Gasteiger charge is -1.99. The Morgan fingerprint density at radius 1 is 1.47 bits per heavy atom. The molecule has 19 heavy (non-hydrogen) atoms. The molecule has 1 aliphatic heterocycles. The van der Waals surface area contributed by atoms with Crippen molar-refractivity contribution in [3.05, 3.63) is 23.2 Å². The van der Waals surface area contributed by atoms with Crippen LogP contribution in [0.15, 0.2) is 32.9 Å². The van der Waals surface area contributed by atoms with Gasteiger partial charge in [-0.1, -0.05) is 17.8 Å². The summed E-state index contributed by atoms with van der Waals surface area (Å²) in [5.41, 5.74) is 12.4. The van der Waals surface area contributed by atoms with Crippen molar-refractivity contribution < 1.29 is 0 Å². The fourth-order valence-electron chi connectivity index (χ4n) is 1.87. The number of thioether (sulfide) groups is 1. The summed E-state index contributed by atoms with van der Waals surface area (Å²) in [4.78, 5) is 5.78. The Kier molecular flexibility index (Phi) is 3.26. The molecule has 8 heteroatoms. The van der Waals surface area contributed by atoms with Crippen LogP contribution in [0, 0.1) is 0 Å². The summed E-state index contributed by atoms with van der Waals surface area (Å²) in [7, 11) is 0. The molecule has 0 bridgehead atoms. The molecule has 2 aromatic heterocycles. The summed E-state index contributed by atoms with van der Waals surface area (Å²) in [5, 5.41) is 10.6. The van der Waals surface area contributed by atoms with Crippen LogP contribution >= 0.6 is 23.1 Å². The summed E-state index contributed by atoms with van der Waals surface area (Å²) in [6.07, 6.45) is 1.66. The van der Waals surface area contributed by atoms with Crippen LogP contribution in [0.1, 0.15) is 5.69 Å². The minimum atomic E-state index is -0.0514. The molecule has 0 spiro atoms. The summed E-state index contributed by atoms with van der Waals surface area (Å²) >= 11 is 3.40. The molecule has 0 saturated carbocycles. The van der Waals surface area contributed by atoms with Crippen LogP contribution in [0.2, 0.25) is 0 Å². The van der Waals surface area contributed by atoms with Gasteiger partial charge in [-0.05, 0) is 11.4 Å². The van der Waals surface area contributed by atoms with E-state index < -0.39 is 0 Å². The zero-order valence-corrected chi connectivity index (χ0v) is 11.6. The molecule has 6 nitrogen and oxygen atoms in total. The van der Waals surface area contributed by atoms with Crippen molar-refractivity contribution in [2.75, 3.05) is 5.75 Å². The summed E-state index contributed by atoms with van der Waals surface area (Å²) in [6.45, 7) is 0.932. The van der Waals surface area contributed by atoms with E-state index in [-0.39, 0.29) is 5.96 Å². The van der Waals surface area contributed by atoms with Gasteiger partial charge in [0.2, 0.25) is 5.96 Å². The molecule has 0 saturated heterocycles. The van der Waals surface area contributed by atoms with Gasteiger partial charge >= 0.3 is 0 Å². The van der Waals surface area contributed by atoms with E-state index in [2.05, 4.69) is 19.8 Å². The van der Waals surface area contributed by atoms with Crippen LogP contribution < -0.4 is 11.5 Å². The van der Waals surface area contributed by atoms with Crippen molar-refractivity contribution >= 4 is 35.3 Å². The van der Waals surface area contributed by atoms with Crippen LogP contribution in [-0.2, 0) is 6.54 Å². The Balaban J connectivity index is 2.05. The molecule has 98 valence electrons. The van der Waals surface area contributed by atoms with Gasteiger partial charge in [-0.15, -0.1) is 16.4 Å². The number of hydrogen-bond acceptors (Lipinski definition) is 5. The van der Waals surface area contributed by atoms with Gasteiger partial charge in [0.05, 0.1) is 16.8 Å². The molecule has 0 amide bonds. The van der Waals surface area contributed by atoms with Crippen molar-refractivity contribution in [1.82, 2.24) is 9.55 Å². The maximum Gasteiger partial charge on any atom is 0.211 e. The molecule has 3 heterocycles. The highest BCUT2D eigenvalue weighted by molar-refractivity contribution is 7.99. The number of rotatable bonds is 3. The third kappa shape index (κ3) is 2.36. The highest BCUT2D eigenvalue weighted by Gasteiger charge is 2.21. The average molecular weight is 292 g/mol. The van der Waals surface area contributed by atoms with E-state index in [1.807, 2.05) is 17.5 Å². The second-order valence-electron chi connectivity index (χ2n) is 3.88. The van der Waals surface area contributed by atoms with E-state index in [0.29, 0.717) is 0 Å². The number of nitrogens with zero attached hydrogens (tertiary/aromatic N) is 4. The standard InChI is InChI=1S/C11H12N6S2/c12-10(13)16-14-6-7-9(8-2-1-4-18-8)15-11-17(7)3-5-19-11/h1-2,4,6H,3,5H2,(H4,12,13,16)/b14-6+. The first kappa shape index (κ1) is 12.2.